The zero-order chi connectivity index (χ0) is 7.98. The van der Waals surface area contributed by atoms with Crippen LogP contribution in [0.4, 0.5) is 0 Å². The highest BCUT2D eigenvalue weighted by Gasteiger charge is 1.93. The first-order chi connectivity index (χ1) is 4.66. The third kappa shape index (κ3) is 5.51. The van der Waals surface area contributed by atoms with E-state index in [1.165, 1.54) is 0 Å². The minimum absolute atomic E-state index is 0.0732. The van der Waals surface area contributed by atoms with E-state index in [0.717, 1.165) is 12.0 Å². The van der Waals surface area contributed by atoms with Crippen LogP contribution in [0.2, 0.25) is 0 Å². The number of Topliss-reactive ketones (excluding diaryl/α,β-unsaturated/α-hetero) is 1. The van der Waals surface area contributed by atoms with E-state index in [0.29, 0.717) is 6.42 Å². The second-order valence-electron chi connectivity index (χ2n) is 2.44. The van der Waals surface area contributed by atoms with Gasteiger partial charge in [0.2, 0.25) is 0 Å². The summed E-state index contributed by atoms with van der Waals surface area (Å²) in [5.41, 5.74) is 1.08. The second-order valence-corrected chi connectivity index (χ2v) is 2.44. The Bertz CT molecular complexity index is 136. The Labute approximate surface area is 61.6 Å². The second kappa shape index (κ2) is 5.18. The van der Waals surface area contributed by atoms with Crippen LogP contribution < -0.4 is 0 Å². The van der Waals surface area contributed by atoms with Gasteiger partial charge in [0, 0.05) is 6.42 Å². The Morgan fingerprint density at radius 1 is 1.40 bits per heavy atom. The van der Waals surface area contributed by atoms with Crippen molar-refractivity contribution in [2.75, 3.05) is 6.61 Å². The lowest BCUT2D eigenvalue weighted by Crippen LogP contribution is -1.90. The van der Waals surface area contributed by atoms with E-state index in [4.69, 9.17) is 5.11 Å². The summed E-state index contributed by atoms with van der Waals surface area (Å²) in [5, 5.41) is 8.44. The monoisotopic (exact) mass is 142 g/mol. The molecule has 2 nitrogen and oxygen atoms in total. The quantitative estimate of drug-likeness (QED) is 0.600. The number of hydrogen-bond donors (Lipinski definition) is 1. The molecule has 0 aliphatic rings. The normalized spacial score (nSPS) is 11.7. The lowest BCUT2D eigenvalue weighted by molar-refractivity contribution is -0.116. The molecule has 0 spiro atoms. The minimum Gasteiger partial charge on any atom is -0.392 e. The summed E-state index contributed by atoms with van der Waals surface area (Å²) in [6, 6.07) is 0. The fourth-order valence-electron chi connectivity index (χ4n) is 0.631. The Morgan fingerprint density at radius 2 is 2.00 bits per heavy atom. The van der Waals surface area contributed by atoms with E-state index in [9.17, 15) is 4.79 Å². The van der Waals surface area contributed by atoms with Gasteiger partial charge in [-0.25, -0.2) is 0 Å². The van der Waals surface area contributed by atoms with Crippen molar-refractivity contribution in [3.8, 4) is 0 Å². The molecule has 0 amide bonds. The molecule has 0 aliphatic heterocycles. The molecular weight excluding hydrogens is 128 g/mol. The summed E-state index contributed by atoms with van der Waals surface area (Å²) in [6.45, 7) is 3.56. The minimum atomic E-state index is 0.0732. The van der Waals surface area contributed by atoms with Crippen LogP contribution in [-0.4, -0.2) is 17.5 Å². The average Bonchev–Trinajstić information content (AvgIpc) is 1.85. The molecule has 0 bridgehead atoms. The van der Waals surface area contributed by atoms with Gasteiger partial charge in [0.25, 0.3) is 0 Å². The van der Waals surface area contributed by atoms with Crippen LogP contribution >= 0.6 is 0 Å². The molecule has 58 valence electrons. The zero-order valence-corrected chi connectivity index (χ0v) is 6.55. The van der Waals surface area contributed by atoms with E-state index in [1.54, 1.807) is 13.0 Å². The molecule has 0 unspecified atom stereocenters. The van der Waals surface area contributed by atoms with Gasteiger partial charge in [0.05, 0.1) is 6.61 Å². The van der Waals surface area contributed by atoms with Crippen molar-refractivity contribution in [3.63, 3.8) is 0 Å². The predicted molar refractivity (Wildman–Crippen MR) is 40.8 cm³/mol. The smallest absolute Gasteiger partial charge is 0.130 e. The van der Waals surface area contributed by atoms with Gasteiger partial charge in [0.1, 0.15) is 5.78 Å². The van der Waals surface area contributed by atoms with Crippen LogP contribution in [0.5, 0.6) is 0 Å². The van der Waals surface area contributed by atoms with Gasteiger partial charge in [-0.2, -0.15) is 0 Å². The summed E-state index contributed by atoms with van der Waals surface area (Å²) in [5.74, 6) is 0.200. The third-order valence-corrected chi connectivity index (χ3v) is 1.31. The van der Waals surface area contributed by atoms with Gasteiger partial charge < -0.3 is 9.90 Å². The molecule has 1 N–H and O–H groups in total. The first-order valence-electron chi connectivity index (χ1n) is 3.42. The van der Waals surface area contributed by atoms with Crippen molar-refractivity contribution in [3.05, 3.63) is 11.6 Å². The van der Waals surface area contributed by atoms with Crippen molar-refractivity contribution in [2.24, 2.45) is 0 Å². The van der Waals surface area contributed by atoms with Crippen LogP contribution in [-0.2, 0) is 4.79 Å². The van der Waals surface area contributed by atoms with Gasteiger partial charge in [-0.15, -0.1) is 0 Å². The molecule has 0 aromatic carbocycles. The first-order valence-corrected chi connectivity index (χ1v) is 3.42. The molecular formula is C8H14O2. The maximum absolute atomic E-state index is 10.5. The summed E-state index contributed by atoms with van der Waals surface area (Å²) in [6.07, 6.45) is 3.08. The lowest BCUT2D eigenvalue weighted by atomic mass is 10.1. The lowest BCUT2D eigenvalue weighted by Gasteiger charge is -1.95. The van der Waals surface area contributed by atoms with E-state index >= 15 is 0 Å². The summed E-state index contributed by atoms with van der Waals surface area (Å²) in [4.78, 5) is 10.5. The molecule has 0 saturated heterocycles. The average molecular weight is 142 g/mol. The number of carbonyl (C=O) groups is 1. The van der Waals surface area contributed by atoms with Gasteiger partial charge in [-0.1, -0.05) is 11.6 Å². The molecule has 0 aromatic heterocycles. The standard InChI is InChI=1S/C8H14O2/c1-7(5-6-9)3-4-8(2)10/h5,9H,3-4,6H2,1-2H3/b7-5-. The van der Waals surface area contributed by atoms with Gasteiger partial charge >= 0.3 is 0 Å². The summed E-state index contributed by atoms with van der Waals surface area (Å²) < 4.78 is 0. The summed E-state index contributed by atoms with van der Waals surface area (Å²) >= 11 is 0. The molecule has 0 rings (SSSR count). The van der Waals surface area contributed by atoms with Crippen LogP contribution in [0.1, 0.15) is 26.7 Å². The molecule has 10 heavy (non-hydrogen) atoms. The van der Waals surface area contributed by atoms with Crippen molar-refractivity contribution >= 4 is 5.78 Å². The molecule has 2 heteroatoms. The zero-order valence-electron chi connectivity index (χ0n) is 6.55. The first kappa shape index (κ1) is 9.37. The largest absolute Gasteiger partial charge is 0.392 e. The Balaban J connectivity index is 3.48. The van der Waals surface area contributed by atoms with Gasteiger partial charge in [-0.3, -0.25) is 0 Å². The number of hydrogen-bond acceptors (Lipinski definition) is 2. The predicted octanol–water partition coefficient (Wildman–Crippen LogP) is 1.29. The number of aliphatic hydroxyl groups excluding tert-OH is 1. The molecule has 0 atom stereocenters. The number of aliphatic hydroxyl groups is 1. The Hall–Kier alpha value is -0.630. The van der Waals surface area contributed by atoms with Crippen molar-refractivity contribution < 1.29 is 9.90 Å². The van der Waals surface area contributed by atoms with Gasteiger partial charge in [-0.05, 0) is 20.3 Å². The van der Waals surface area contributed by atoms with Crippen molar-refractivity contribution in [2.45, 2.75) is 26.7 Å². The van der Waals surface area contributed by atoms with E-state index in [2.05, 4.69) is 0 Å². The van der Waals surface area contributed by atoms with Crippen LogP contribution in [0.15, 0.2) is 11.6 Å². The highest BCUT2D eigenvalue weighted by atomic mass is 16.2. The van der Waals surface area contributed by atoms with Crippen LogP contribution in [0.25, 0.3) is 0 Å². The number of ketones is 1. The van der Waals surface area contributed by atoms with E-state index in [-0.39, 0.29) is 12.4 Å². The highest BCUT2D eigenvalue weighted by Crippen LogP contribution is 2.02. The fraction of sp³-hybridized carbons (Fsp3) is 0.625. The SMILES string of the molecule is CC(=O)CC/C(C)=C\CO. The topological polar surface area (TPSA) is 37.3 Å². The molecule has 0 saturated carbocycles. The Kier molecular flexibility index (Phi) is 4.85. The van der Waals surface area contributed by atoms with E-state index < -0.39 is 0 Å². The molecule has 0 fully saturated rings. The number of rotatable bonds is 4. The summed E-state index contributed by atoms with van der Waals surface area (Å²) in [7, 11) is 0. The van der Waals surface area contributed by atoms with Gasteiger partial charge in [0.15, 0.2) is 0 Å². The molecule has 0 heterocycles. The van der Waals surface area contributed by atoms with Crippen LogP contribution in [0, 0.1) is 0 Å². The maximum Gasteiger partial charge on any atom is 0.130 e. The number of allylic oxidation sites excluding steroid dienone is 1. The Morgan fingerprint density at radius 3 is 2.40 bits per heavy atom. The van der Waals surface area contributed by atoms with Crippen LogP contribution in [0.3, 0.4) is 0 Å². The highest BCUT2D eigenvalue weighted by molar-refractivity contribution is 5.75. The molecule has 0 aliphatic carbocycles. The molecule has 0 aromatic rings. The number of carbonyl (C=O) groups excluding carboxylic acids is 1. The van der Waals surface area contributed by atoms with Crippen molar-refractivity contribution in [1.29, 1.82) is 0 Å². The fourth-order valence-corrected chi connectivity index (χ4v) is 0.631. The van der Waals surface area contributed by atoms with E-state index in [1.807, 2.05) is 6.92 Å². The maximum atomic E-state index is 10.5. The third-order valence-electron chi connectivity index (χ3n) is 1.31. The van der Waals surface area contributed by atoms with Crippen molar-refractivity contribution in [1.82, 2.24) is 0 Å². The molecule has 0 radical (unpaired) electrons.